The lowest BCUT2D eigenvalue weighted by Gasteiger charge is -2.29. The van der Waals surface area contributed by atoms with Crippen molar-refractivity contribution in [1.29, 1.82) is 0 Å². The van der Waals surface area contributed by atoms with Gasteiger partial charge in [0.2, 0.25) is 23.6 Å². The molecule has 2 saturated carbocycles. The van der Waals surface area contributed by atoms with Crippen LogP contribution in [0.4, 0.5) is 0 Å². The first kappa shape index (κ1) is 42.0. The number of amides is 4. The molecule has 4 aliphatic rings. The van der Waals surface area contributed by atoms with Gasteiger partial charge in [-0.15, -0.1) is 22.7 Å². The van der Waals surface area contributed by atoms with E-state index >= 15 is 0 Å². The SMILES string of the molecule is O=C(N[C@H](C(=O)N1CCC[C@H]1c1[nH]cnc1-c1ccc(-c2ccc(-c3ccc(-c4nc[nH]c4[C@@H]4CCCN4C(=O)[C@@H](NC(=O)C4CC4)c4ccccc4)s3)cc2)s1)c1ccccc1)C1CC1. The van der Waals surface area contributed by atoms with Crippen molar-refractivity contribution in [1.82, 2.24) is 40.4 Å². The van der Waals surface area contributed by atoms with Crippen molar-refractivity contribution in [2.24, 2.45) is 11.8 Å². The summed E-state index contributed by atoms with van der Waals surface area (Å²) in [5, 5.41) is 6.16. The molecule has 4 fully saturated rings. The molecule has 4 aromatic heterocycles. The number of benzene rings is 3. The van der Waals surface area contributed by atoms with E-state index in [0.29, 0.717) is 13.1 Å². The lowest BCUT2D eigenvalue weighted by molar-refractivity contribution is -0.138. The van der Waals surface area contributed by atoms with E-state index in [1.54, 1.807) is 35.3 Å². The van der Waals surface area contributed by atoms with Crippen LogP contribution in [0.2, 0.25) is 0 Å². The standard InChI is InChI=1S/C52H50N8O4S2/c61-49(35-19-20-35)57-43(33-9-3-1-4-10-33)51(63)59-27-7-13-37(59)45-47(55-29-53-45)41-25-23-39(65-41)31-15-17-32(18-16-31)40-24-26-42(66-40)48-46(54-30-56-48)38-14-8-28-60(38)52(64)44(34-11-5-2-6-12-34)58-50(62)36-21-22-36/h1-6,9-12,15-18,23-26,29-30,35-38,43-44H,7-8,13-14,19-22,27-28H2,(H,53,55)(H,54,56)(H,57,61)(H,58,62)/t37-,38-,43-,44-/m0/s1. The highest BCUT2D eigenvalue weighted by atomic mass is 32.1. The van der Waals surface area contributed by atoms with Crippen LogP contribution in [0.5, 0.6) is 0 Å². The predicted molar refractivity (Wildman–Crippen MR) is 256 cm³/mol. The van der Waals surface area contributed by atoms with Gasteiger partial charge in [0.05, 0.1) is 45.9 Å². The second-order valence-electron chi connectivity index (χ2n) is 17.9. The van der Waals surface area contributed by atoms with Gasteiger partial charge in [-0.1, -0.05) is 84.9 Å². The Kier molecular flexibility index (Phi) is 11.4. The van der Waals surface area contributed by atoms with Crippen LogP contribution in [-0.4, -0.2) is 66.5 Å². The maximum atomic E-state index is 14.3. The molecule has 6 heterocycles. The average Bonchev–Trinajstić information content (AvgIpc) is 3.81. The van der Waals surface area contributed by atoms with E-state index < -0.39 is 12.1 Å². The number of thiophene rings is 2. The normalized spacial score (nSPS) is 19.2. The Morgan fingerprint density at radius 2 is 0.909 bits per heavy atom. The van der Waals surface area contributed by atoms with Crippen LogP contribution >= 0.6 is 22.7 Å². The number of hydrogen-bond acceptors (Lipinski definition) is 8. The number of hydrogen-bond donors (Lipinski definition) is 4. The third kappa shape index (κ3) is 8.39. The quantitative estimate of drug-likeness (QED) is 0.0852. The van der Waals surface area contributed by atoms with Gasteiger partial charge in [-0.2, -0.15) is 0 Å². The molecule has 7 aromatic rings. The summed E-state index contributed by atoms with van der Waals surface area (Å²) < 4.78 is 0. The molecule has 0 bridgehead atoms. The molecular weight excluding hydrogens is 865 g/mol. The van der Waals surface area contributed by atoms with Gasteiger partial charge in [0.25, 0.3) is 0 Å². The summed E-state index contributed by atoms with van der Waals surface area (Å²) in [5.74, 6) is -0.297. The molecule has 14 heteroatoms. The fourth-order valence-electron chi connectivity index (χ4n) is 9.62. The molecular formula is C52H50N8O4S2. The molecule has 12 nitrogen and oxygen atoms in total. The Hall–Kier alpha value is -6.64. The largest absolute Gasteiger partial charge is 0.346 e. The Morgan fingerprint density at radius 1 is 0.515 bits per heavy atom. The third-order valence-electron chi connectivity index (χ3n) is 13.4. The molecule has 0 radical (unpaired) electrons. The van der Waals surface area contributed by atoms with E-state index in [0.717, 1.165) is 116 Å². The number of nitrogens with zero attached hydrogens (tertiary/aromatic N) is 4. The van der Waals surface area contributed by atoms with E-state index in [9.17, 15) is 19.2 Å². The topological polar surface area (TPSA) is 156 Å². The van der Waals surface area contributed by atoms with E-state index in [-0.39, 0.29) is 47.5 Å². The highest BCUT2D eigenvalue weighted by Gasteiger charge is 2.41. The lowest BCUT2D eigenvalue weighted by Crippen LogP contribution is -2.43. The molecule has 334 valence electrons. The molecule has 0 unspecified atom stereocenters. The minimum absolute atomic E-state index is 0.00455. The monoisotopic (exact) mass is 914 g/mol. The van der Waals surface area contributed by atoms with E-state index in [1.165, 1.54) is 0 Å². The predicted octanol–water partition coefficient (Wildman–Crippen LogP) is 9.79. The number of aromatic nitrogens is 4. The van der Waals surface area contributed by atoms with Gasteiger partial charge >= 0.3 is 0 Å². The zero-order valence-corrected chi connectivity index (χ0v) is 38.0. The van der Waals surface area contributed by atoms with Gasteiger partial charge in [-0.25, -0.2) is 9.97 Å². The number of aromatic amines is 2. The maximum absolute atomic E-state index is 14.3. The first-order chi connectivity index (χ1) is 32.4. The van der Waals surface area contributed by atoms with Crippen LogP contribution in [0.3, 0.4) is 0 Å². The summed E-state index contributed by atoms with van der Waals surface area (Å²) in [6.45, 7) is 1.22. The first-order valence-corrected chi connectivity index (χ1v) is 24.7. The van der Waals surface area contributed by atoms with Crippen molar-refractivity contribution in [3.05, 3.63) is 144 Å². The molecule has 0 spiro atoms. The number of likely N-dealkylation sites (tertiary alicyclic amines) is 2. The summed E-state index contributed by atoms with van der Waals surface area (Å²) in [6.07, 6.45) is 10.2. The molecule has 2 saturated heterocycles. The first-order valence-electron chi connectivity index (χ1n) is 23.1. The average molecular weight is 915 g/mol. The van der Waals surface area contributed by atoms with Crippen LogP contribution < -0.4 is 10.6 Å². The van der Waals surface area contributed by atoms with Gasteiger partial charge < -0.3 is 30.4 Å². The highest BCUT2D eigenvalue weighted by Crippen LogP contribution is 2.44. The fraction of sp³-hybridized carbons (Fsp3) is 0.308. The lowest BCUT2D eigenvalue weighted by atomic mass is 10.0. The molecule has 2 aliphatic carbocycles. The highest BCUT2D eigenvalue weighted by molar-refractivity contribution is 7.19. The second-order valence-corrected chi connectivity index (χ2v) is 20.0. The number of carbonyl (C=O) groups is 4. The van der Waals surface area contributed by atoms with Gasteiger partial charge in [0, 0.05) is 34.7 Å². The maximum Gasteiger partial charge on any atom is 0.250 e. The van der Waals surface area contributed by atoms with Crippen molar-refractivity contribution in [2.75, 3.05) is 13.1 Å². The van der Waals surface area contributed by atoms with E-state index in [4.69, 9.17) is 9.97 Å². The Bertz CT molecular complexity index is 2680. The molecule has 66 heavy (non-hydrogen) atoms. The van der Waals surface area contributed by atoms with Crippen molar-refractivity contribution in [3.8, 4) is 42.0 Å². The Balaban J connectivity index is 0.784. The fourth-order valence-corrected chi connectivity index (χ4v) is 11.7. The van der Waals surface area contributed by atoms with Crippen LogP contribution in [0.1, 0.15) is 98.0 Å². The van der Waals surface area contributed by atoms with E-state index in [2.05, 4.69) is 69.1 Å². The summed E-state index contributed by atoms with van der Waals surface area (Å²) in [6, 6.07) is 34.4. The summed E-state index contributed by atoms with van der Waals surface area (Å²) in [5.41, 5.74) is 7.30. The van der Waals surface area contributed by atoms with Crippen molar-refractivity contribution >= 4 is 46.3 Å². The second kappa shape index (κ2) is 18.0. The van der Waals surface area contributed by atoms with Crippen LogP contribution in [0.25, 0.3) is 42.0 Å². The Labute approximate surface area is 390 Å². The van der Waals surface area contributed by atoms with Gasteiger partial charge in [-0.3, -0.25) is 19.2 Å². The zero-order chi connectivity index (χ0) is 44.7. The molecule has 4 N–H and O–H groups in total. The zero-order valence-electron chi connectivity index (χ0n) is 36.3. The van der Waals surface area contributed by atoms with E-state index in [1.807, 2.05) is 70.5 Å². The van der Waals surface area contributed by atoms with Crippen molar-refractivity contribution in [2.45, 2.75) is 75.5 Å². The molecule has 2 aliphatic heterocycles. The van der Waals surface area contributed by atoms with Crippen LogP contribution in [-0.2, 0) is 19.2 Å². The molecule has 11 rings (SSSR count). The van der Waals surface area contributed by atoms with Gasteiger partial charge in [0.15, 0.2) is 0 Å². The number of H-pyrrole nitrogens is 2. The number of carbonyl (C=O) groups excluding carboxylic acids is 4. The number of imidazole rings is 2. The number of rotatable bonds is 14. The molecule has 4 amide bonds. The third-order valence-corrected chi connectivity index (χ3v) is 15.7. The number of nitrogens with one attached hydrogen (secondary N) is 4. The van der Waals surface area contributed by atoms with Gasteiger partial charge in [-0.05, 0) is 97.9 Å². The van der Waals surface area contributed by atoms with Crippen LogP contribution in [0.15, 0.2) is 122 Å². The minimum Gasteiger partial charge on any atom is -0.346 e. The molecule has 3 aromatic carbocycles. The molecule has 4 atom stereocenters. The van der Waals surface area contributed by atoms with Crippen LogP contribution in [0, 0.1) is 11.8 Å². The van der Waals surface area contributed by atoms with Crippen molar-refractivity contribution in [3.63, 3.8) is 0 Å². The summed E-state index contributed by atoms with van der Waals surface area (Å²) in [4.78, 5) is 79.0. The van der Waals surface area contributed by atoms with Crippen molar-refractivity contribution < 1.29 is 19.2 Å². The summed E-state index contributed by atoms with van der Waals surface area (Å²) >= 11 is 3.35. The minimum atomic E-state index is -0.738. The Morgan fingerprint density at radius 3 is 1.30 bits per heavy atom. The van der Waals surface area contributed by atoms with Gasteiger partial charge in [0.1, 0.15) is 23.5 Å². The smallest absolute Gasteiger partial charge is 0.250 e. The summed E-state index contributed by atoms with van der Waals surface area (Å²) in [7, 11) is 0.